The molecule has 0 saturated heterocycles. The molecule has 0 amide bonds. The summed E-state index contributed by atoms with van der Waals surface area (Å²) in [5.41, 5.74) is -1.26. The van der Waals surface area contributed by atoms with Crippen LogP contribution in [0.1, 0.15) is 23.7 Å². The van der Waals surface area contributed by atoms with Crippen LogP contribution in [0.15, 0.2) is 23.1 Å². The average molecular weight is 350 g/mol. The largest absolute Gasteiger partial charge is 0.336 e. The lowest BCUT2D eigenvalue weighted by Gasteiger charge is -2.23. The van der Waals surface area contributed by atoms with Crippen LogP contribution >= 0.6 is 11.6 Å². The quantitative estimate of drug-likeness (QED) is 0.795. The van der Waals surface area contributed by atoms with E-state index in [-0.39, 0.29) is 12.7 Å². The SMILES string of the molecule is Cc1cc(Cl)c(C)nc1-n1ncc(C(F)(F)C(C)(F)F)cc1=O. The molecule has 0 aromatic carbocycles. The summed E-state index contributed by atoms with van der Waals surface area (Å²) >= 11 is 5.90. The van der Waals surface area contributed by atoms with Gasteiger partial charge in [-0.2, -0.15) is 27.3 Å². The number of alkyl halides is 4. The minimum atomic E-state index is -4.50. The van der Waals surface area contributed by atoms with Crippen LogP contribution in [-0.4, -0.2) is 20.7 Å². The van der Waals surface area contributed by atoms with Crippen molar-refractivity contribution in [3.63, 3.8) is 0 Å². The van der Waals surface area contributed by atoms with Gasteiger partial charge < -0.3 is 0 Å². The highest BCUT2D eigenvalue weighted by Crippen LogP contribution is 2.41. The summed E-state index contributed by atoms with van der Waals surface area (Å²) in [6.07, 6.45) is 0.532. The maximum absolute atomic E-state index is 13.6. The van der Waals surface area contributed by atoms with E-state index in [2.05, 4.69) is 10.1 Å². The zero-order valence-corrected chi connectivity index (χ0v) is 13.1. The molecule has 4 nitrogen and oxygen atoms in total. The van der Waals surface area contributed by atoms with Crippen LogP contribution in [-0.2, 0) is 5.92 Å². The number of nitrogens with zero attached hydrogens (tertiary/aromatic N) is 3. The second kappa shape index (κ2) is 5.59. The van der Waals surface area contributed by atoms with Crippen LogP contribution in [0.3, 0.4) is 0 Å². The Morgan fingerprint density at radius 2 is 1.78 bits per heavy atom. The fourth-order valence-electron chi connectivity index (χ4n) is 1.87. The zero-order valence-electron chi connectivity index (χ0n) is 12.4. The molecule has 23 heavy (non-hydrogen) atoms. The molecular weight excluding hydrogens is 338 g/mol. The van der Waals surface area contributed by atoms with Crippen molar-refractivity contribution in [3.8, 4) is 5.82 Å². The standard InChI is InChI=1S/C14H12ClF4N3O/c1-7-4-10(15)8(2)21-12(7)22-11(23)5-9(6-20-22)14(18,19)13(3,16)17/h4-6H,1-3H3. The Labute approximate surface area is 133 Å². The highest BCUT2D eigenvalue weighted by Gasteiger charge is 2.54. The number of hydrogen-bond donors (Lipinski definition) is 0. The van der Waals surface area contributed by atoms with Crippen LogP contribution in [0.4, 0.5) is 17.6 Å². The van der Waals surface area contributed by atoms with Gasteiger partial charge in [-0.1, -0.05) is 11.6 Å². The molecule has 0 aliphatic carbocycles. The zero-order chi connectivity index (χ0) is 17.6. The van der Waals surface area contributed by atoms with Gasteiger partial charge >= 0.3 is 11.8 Å². The molecule has 9 heteroatoms. The van der Waals surface area contributed by atoms with Crippen molar-refractivity contribution >= 4 is 11.6 Å². The van der Waals surface area contributed by atoms with E-state index in [1.165, 1.54) is 6.07 Å². The number of aryl methyl sites for hydroxylation is 2. The van der Waals surface area contributed by atoms with Crippen molar-refractivity contribution < 1.29 is 17.6 Å². The van der Waals surface area contributed by atoms with E-state index >= 15 is 0 Å². The smallest absolute Gasteiger partial charge is 0.267 e. The van der Waals surface area contributed by atoms with Crippen LogP contribution in [0.25, 0.3) is 5.82 Å². The first-order chi connectivity index (χ1) is 10.4. The number of pyridine rings is 1. The van der Waals surface area contributed by atoms with E-state index in [1.807, 2.05) is 0 Å². The van der Waals surface area contributed by atoms with Crippen LogP contribution in [0.5, 0.6) is 0 Å². The number of hydrogen-bond acceptors (Lipinski definition) is 3. The third kappa shape index (κ3) is 3.08. The maximum atomic E-state index is 13.6. The van der Waals surface area contributed by atoms with Gasteiger partial charge in [-0.25, -0.2) is 4.98 Å². The van der Waals surface area contributed by atoms with Crippen LogP contribution in [0, 0.1) is 13.8 Å². The molecule has 0 atom stereocenters. The summed E-state index contributed by atoms with van der Waals surface area (Å²) in [6, 6.07) is 1.96. The normalized spacial score (nSPS) is 12.5. The lowest BCUT2D eigenvalue weighted by Crippen LogP contribution is -2.37. The third-order valence-corrected chi connectivity index (χ3v) is 3.61. The number of rotatable bonds is 3. The Bertz CT molecular complexity index is 815. The molecule has 0 unspecified atom stereocenters. The Hall–Kier alpha value is -1.96. The van der Waals surface area contributed by atoms with Crippen LogP contribution < -0.4 is 5.56 Å². The molecule has 2 aromatic rings. The monoisotopic (exact) mass is 349 g/mol. The van der Waals surface area contributed by atoms with Gasteiger partial charge in [0.15, 0.2) is 5.82 Å². The molecule has 124 valence electrons. The Morgan fingerprint density at radius 3 is 2.30 bits per heavy atom. The molecule has 0 radical (unpaired) electrons. The minimum absolute atomic E-state index is 0.0762. The Morgan fingerprint density at radius 1 is 1.17 bits per heavy atom. The molecule has 0 fully saturated rings. The highest BCUT2D eigenvalue weighted by atomic mass is 35.5. The summed E-state index contributed by atoms with van der Waals surface area (Å²) in [6.45, 7) is 3.27. The number of aromatic nitrogens is 3. The van der Waals surface area contributed by atoms with E-state index in [0.717, 1.165) is 4.68 Å². The van der Waals surface area contributed by atoms with E-state index in [4.69, 9.17) is 11.6 Å². The fourth-order valence-corrected chi connectivity index (χ4v) is 2.07. The topological polar surface area (TPSA) is 47.8 Å². The van der Waals surface area contributed by atoms with E-state index in [9.17, 15) is 22.4 Å². The van der Waals surface area contributed by atoms with Gasteiger partial charge in [0.2, 0.25) is 0 Å². The van der Waals surface area contributed by atoms with Crippen molar-refractivity contribution in [2.75, 3.05) is 0 Å². The average Bonchev–Trinajstić information content (AvgIpc) is 2.42. The van der Waals surface area contributed by atoms with E-state index in [1.54, 1.807) is 13.8 Å². The van der Waals surface area contributed by atoms with Crippen molar-refractivity contribution in [1.82, 2.24) is 14.8 Å². The second-order valence-corrected chi connectivity index (χ2v) is 5.56. The minimum Gasteiger partial charge on any atom is -0.267 e. The summed E-state index contributed by atoms with van der Waals surface area (Å²) in [7, 11) is 0. The molecule has 0 spiro atoms. The molecule has 2 rings (SSSR count). The van der Waals surface area contributed by atoms with Crippen molar-refractivity contribution in [2.45, 2.75) is 32.6 Å². The van der Waals surface area contributed by atoms with Crippen LogP contribution in [0.2, 0.25) is 5.02 Å². The summed E-state index contributed by atoms with van der Waals surface area (Å²) in [4.78, 5) is 16.1. The van der Waals surface area contributed by atoms with Gasteiger partial charge in [0.25, 0.3) is 5.56 Å². The van der Waals surface area contributed by atoms with Gasteiger partial charge in [-0.3, -0.25) is 4.79 Å². The molecule has 0 bridgehead atoms. The first-order valence-corrected chi connectivity index (χ1v) is 6.82. The second-order valence-electron chi connectivity index (χ2n) is 5.15. The number of halogens is 5. The van der Waals surface area contributed by atoms with Crippen molar-refractivity contribution in [2.24, 2.45) is 0 Å². The molecule has 0 N–H and O–H groups in total. The van der Waals surface area contributed by atoms with Crippen molar-refractivity contribution in [3.05, 3.63) is 50.5 Å². The Kier molecular flexibility index (Phi) is 4.23. The van der Waals surface area contributed by atoms with Gasteiger partial charge in [0.05, 0.1) is 22.5 Å². The summed E-state index contributed by atoms with van der Waals surface area (Å²) in [5.74, 6) is -8.73. The summed E-state index contributed by atoms with van der Waals surface area (Å²) < 4.78 is 53.9. The Balaban J connectivity index is 2.58. The lowest BCUT2D eigenvalue weighted by atomic mass is 10.1. The third-order valence-electron chi connectivity index (χ3n) is 3.23. The molecular formula is C14H12ClF4N3O. The highest BCUT2D eigenvalue weighted by molar-refractivity contribution is 6.31. The molecule has 0 aliphatic rings. The van der Waals surface area contributed by atoms with Gasteiger partial charge in [-0.15, -0.1) is 0 Å². The molecule has 0 aliphatic heterocycles. The fraction of sp³-hybridized carbons (Fsp3) is 0.357. The van der Waals surface area contributed by atoms with E-state index < -0.39 is 23.0 Å². The predicted octanol–water partition coefficient (Wildman–Crippen LogP) is 3.64. The molecule has 2 heterocycles. The molecule has 2 aromatic heterocycles. The first kappa shape index (κ1) is 17.4. The summed E-state index contributed by atoms with van der Waals surface area (Å²) in [5, 5.41) is 3.91. The van der Waals surface area contributed by atoms with Gasteiger partial charge in [-0.05, 0) is 25.5 Å². The van der Waals surface area contributed by atoms with E-state index in [0.29, 0.717) is 28.5 Å². The lowest BCUT2D eigenvalue weighted by molar-refractivity contribution is -0.205. The first-order valence-electron chi connectivity index (χ1n) is 6.45. The predicted molar refractivity (Wildman–Crippen MR) is 76.6 cm³/mol. The maximum Gasteiger partial charge on any atom is 0.336 e. The van der Waals surface area contributed by atoms with Gasteiger partial charge in [0.1, 0.15) is 0 Å². The molecule has 0 saturated carbocycles. The van der Waals surface area contributed by atoms with Crippen molar-refractivity contribution in [1.29, 1.82) is 0 Å². The van der Waals surface area contributed by atoms with Gasteiger partial charge in [0, 0.05) is 13.0 Å².